The van der Waals surface area contributed by atoms with Gasteiger partial charge < -0.3 is 14.8 Å². The van der Waals surface area contributed by atoms with E-state index in [2.05, 4.69) is 43.0 Å². The van der Waals surface area contributed by atoms with Crippen molar-refractivity contribution in [1.29, 1.82) is 0 Å². The fraction of sp³-hybridized carbons (Fsp3) is 0.0690. The predicted octanol–water partition coefficient (Wildman–Crippen LogP) is 6.50. The van der Waals surface area contributed by atoms with Crippen LogP contribution in [0.1, 0.15) is 23.5 Å². The fourth-order valence-corrected chi connectivity index (χ4v) is 5.92. The summed E-state index contributed by atoms with van der Waals surface area (Å²) in [6.45, 7) is 0. The molecule has 6 rings (SSSR count). The van der Waals surface area contributed by atoms with Crippen molar-refractivity contribution in [3.05, 3.63) is 137 Å². The number of benzene rings is 2. The van der Waals surface area contributed by atoms with Gasteiger partial charge in [0.1, 0.15) is 6.04 Å². The maximum atomic E-state index is 11.0. The molecule has 0 saturated carbocycles. The number of hydrogen-bond acceptors (Lipinski definition) is 6. The average molecular weight is 551 g/mol. The molecule has 4 heterocycles. The number of aromatic nitrogens is 3. The molecule has 1 N–H and O–H groups in total. The van der Waals surface area contributed by atoms with Gasteiger partial charge in [-0.1, -0.05) is 17.8 Å². The van der Waals surface area contributed by atoms with Gasteiger partial charge in [-0.05, 0) is 85.0 Å². The van der Waals surface area contributed by atoms with Crippen LogP contribution in [0.25, 0.3) is 5.69 Å². The first-order chi connectivity index (χ1) is 19.1. The normalized spacial score (nSPS) is 16.7. The Balaban J connectivity index is 1.35. The van der Waals surface area contributed by atoms with Crippen LogP contribution in [0.2, 0.25) is 0 Å². The fourth-order valence-electron chi connectivity index (χ4n) is 4.76. The molecule has 10 heteroatoms. The van der Waals surface area contributed by atoms with Crippen LogP contribution in [0, 0.1) is 10.1 Å². The molecule has 1 fully saturated rings. The van der Waals surface area contributed by atoms with Crippen molar-refractivity contribution in [2.45, 2.75) is 21.9 Å². The Morgan fingerprint density at radius 1 is 0.846 bits per heavy atom. The standard InChI is InChI=1S/C29H22N6O2S2/c36-35(37)22-8-12-24(13-9-22)39-23-10-6-21(7-11-23)34-28(27(32-29(34)38)25-4-1-2-16-31-25)26-5-3-19-33(26)20-14-17-30-18-15-20/h1-19,27-28H,(H,32,38)/t27-,28-/m0/s1. The predicted molar refractivity (Wildman–Crippen MR) is 155 cm³/mol. The van der Waals surface area contributed by atoms with Crippen LogP contribution < -0.4 is 10.2 Å². The third kappa shape index (κ3) is 4.99. The third-order valence-electron chi connectivity index (χ3n) is 6.52. The Morgan fingerprint density at radius 2 is 1.56 bits per heavy atom. The number of nitro benzene ring substituents is 1. The number of pyridine rings is 2. The molecule has 0 aliphatic carbocycles. The second-order valence-electron chi connectivity index (χ2n) is 8.85. The smallest absolute Gasteiger partial charge is 0.269 e. The highest BCUT2D eigenvalue weighted by Gasteiger charge is 2.42. The van der Waals surface area contributed by atoms with E-state index in [1.165, 1.54) is 12.1 Å². The monoisotopic (exact) mass is 550 g/mol. The maximum Gasteiger partial charge on any atom is 0.269 e. The van der Waals surface area contributed by atoms with Gasteiger partial charge in [0.15, 0.2) is 5.11 Å². The Hall–Kier alpha value is -4.54. The van der Waals surface area contributed by atoms with E-state index in [0.29, 0.717) is 5.11 Å². The first-order valence-corrected chi connectivity index (χ1v) is 13.4. The maximum absolute atomic E-state index is 11.0. The van der Waals surface area contributed by atoms with Gasteiger partial charge in [0.05, 0.1) is 16.7 Å². The van der Waals surface area contributed by atoms with Crippen molar-refractivity contribution in [2.24, 2.45) is 0 Å². The van der Waals surface area contributed by atoms with Crippen LogP contribution in [0.5, 0.6) is 0 Å². The lowest BCUT2D eigenvalue weighted by molar-refractivity contribution is -0.384. The molecule has 8 nitrogen and oxygen atoms in total. The van der Waals surface area contributed by atoms with E-state index in [9.17, 15) is 10.1 Å². The lowest BCUT2D eigenvalue weighted by atomic mass is 10.0. The zero-order chi connectivity index (χ0) is 26.8. The molecule has 39 heavy (non-hydrogen) atoms. The molecule has 192 valence electrons. The molecule has 2 aromatic carbocycles. The topological polar surface area (TPSA) is 89.1 Å². The number of nitro groups is 1. The van der Waals surface area contributed by atoms with Crippen LogP contribution in [0.15, 0.2) is 126 Å². The Morgan fingerprint density at radius 3 is 2.23 bits per heavy atom. The number of rotatable bonds is 7. The van der Waals surface area contributed by atoms with Crippen molar-refractivity contribution in [1.82, 2.24) is 19.9 Å². The summed E-state index contributed by atoms with van der Waals surface area (Å²) in [5.41, 5.74) is 4.01. The van der Waals surface area contributed by atoms with Gasteiger partial charge in [0.25, 0.3) is 5.69 Å². The molecule has 5 aromatic rings. The van der Waals surface area contributed by atoms with Crippen LogP contribution in [0.3, 0.4) is 0 Å². The molecular weight excluding hydrogens is 528 g/mol. The summed E-state index contributed by atoms with van der Waals surface area (Å²) >= 11 is 7.44. The molecule has 0 amide bonds. The molecule has 1 saturated heterocycles. The summed E-state index contributed by atoms with van der Waals surface area (Å²) in [7, 11) is 0. The van der Waals surface area contributed by atoms with Gasteiger partial charge in [-0.25, -0.2) is 0 Å². The molecular formula is C29H22N6O2S2. The van der Waals surface area contributed by atoms with Gasteiger partial charge >= 0.3 is 0 Å². The second kappa shape index (κ2) is 10.7. The van der Waals surface area contributed by atoms with Crippen LogP contribution in [-0.4, -0.2) is 24.6 Å². The lowest BCUT2D eigenvalue weighted by Crippen LogP contribution is -2.30. The molecule has 0 unspecified atom stereocenters. The van der Waals surface area contributed by atoms with E-state index in [-0.39, 0.29) is 17.8 Å². The Kier molecular flexibility index (Phi) is 6.78. The summed E-state index contributed by atoms with van der Waals surface area (Å²) < 4.78 is 2.16. The Bertz CT molecular complexity index is 1610. The van der Waals surface area contributed by atoms with Crippen LogP contribution >= 0.6 is 24.0 Å². The average Bonchev–Trinajstić information content (AvgIpc) is 3.59. The minimum Gasteiger partial charge on any atom is -0.351 e. The van der Waals surface area contributed by atoms with Crippen molar-refractivity contribution in [3.63, 3.8) is 0 Å². The number of nitrogens with zero attached hydrogens (tertiary/aromatic N) is 5. The van der Waals surface area contributed by atoms with E-state index in [1.807, 2.05) is 54.7 Å². The van der Waals surface area contributed by atoms with Crippen LogP contribution in [-0.2, 0) is 0 Å². The van der Waals surface area contributed by atoms with Gasteiger partial charge in [0, 0.05) is 63.8 Å². The van der Waals surface area contributed by atoms with Crippen molar-refractivity contribution < 1.29 is 4.92 Å². The SMILES string of the molecule is O=[N+]([O-])c1ccc(Sc2ccc(N3C(=S)N[C@@H](c4ccccn4)[C@@H]3c3cccn3-c3ccncc3)cc2)cc1. The molecule has 0 bridgehead atoms. The minimum atomic E-state index is -0.393. The third-order valence-corrected chi connectivity index (χ3v) is 7.85. The highest BCUT2D eigenvalue weighted by Crippen LogP contribution is 2.42. The molecule has 1 aliphatic rings. The van der Waals surface area contributed by atoms with Crippen molar-refractivity contribution in [3.8, 4) is 5.69 Å². The van der Waals surface area contributed by atoms with E-state index in [4.69, 9.17) is 12.2 Å². The lowest BCUT2D eigenvalue weighted by Gasteiger charge is -2.29. The number of nitrogens with one attached hydrogen (secondary N) is 1. The zero-order valence-corrected chi connectivity index (χ0v) is 22.1. The van der Waals surface area contributed by atoms with Crippen molar-refractivity contribution >= 4 is 40.5 Å². The Labute approximate surface area is 234 Å². The number of anilines is 1. The van der Waals surface area contributed by atoms with Gasteiger partial charge in [-0.15, -0.1) is 0 Å². The van der Waals surface area contributed by atoms with Gasteiger partial charge in [-0.2, -0.15) is 0 Å². The van der Waals surface area contributed by atoms with Gasteiger partial charge in [0.2, 0.25) is 0 Å². The zero-order valence-electron chi connectivity index (χ0n) is 20.5. The minimum absolute atomic E-state index is 0.0785. The highest BCUT2D eigenvalue weighted by atomic mass is 32.2. The quantitative estimate of drug-likeness (QED) is 0.139. The largest absolute Gasteiger partial charge is 0.351 e. The second-order valence-corrected chi connectivity index (χ2v) is 10.4. The van der Waals surface area contributed by atoms with E-state index in [0.717, 1.165) is 32.6 Å². The molecule has 2 atom stereocenters. The number of non-ortho nitro benzene ring substituents is 1. The summed E-state index contributed by atoms with van der Waals surface area (Å²) in [5, 5.41) is 15.1. The first-order valence-electron chi connectivity index (χ1n) is 12.2. The molecule has 0 spiro atoms. The van der Waals surface area contributed by atoms with E-state index < -0.39 is 4.92 Å². The van der Waals surface area contributed by atoms with E-state index >= 15 is 0 Å². The summed E-state index contributed by atoms with van der Waals surface area (Å²) in [6, 6.07) is 28.4. The van der Waals surface area contributed by atoms with Gasteiger partial charge in [-0.3, -0.25) is 20.1 Å². The molecule has 1 aliphatic heterocycles. The summed E-state index contributed by atoms with van der Waals surface area (Å²) in [6.07, 6.45) is 7.41. The van der Waals surface area contributed by atoms with E-state index in [1.54, 1.807) is 42.5 Å². The summed E-state index contributed by atoms with van der Waals surface area (Å²) in [4.78, 5) is 23.5. The van der Waals surface area contributed by atoms with Crippen molar-refractivity contribution in [2.75, 3.05) is 4.90 Å². The number of hydrogen-bond donors (Lipinski definition) is 1. The molecule has 3 aromatic heterocycles. The van der Waals surface area contributed by atoms with Crippen LogP contribution in [0.4, 0.5) is 11.4 Å². The number of thiocarbonyl (C=S) groups is 1. The molecule has 0 radical (unpaired) electrons. The summed E-state index contributed by atoms with van der Waals surface area (Å²) in [5.74, 6) is 0. The highest BCUT2D eigenvalue weighted by molar-refractivity contribution is 7.99. The first kappa shape index (κ1) is 24.8.